The van der Waals surface area contributed by atoms with Crippen molar-refractivity contribution in [2.24, 2.45) is 29.1 Å². The minimum absolute atomic E-state index is 0.00157. The molecule has 1 heterocycles. The predicted octanol–water partition coefficient (Wildman–Crippen LogP) is 23.8. The Morgan fingerprint density at radius 2 is 1.33 bits per heavy atom. The van der Waals surface area contributed by atoms with Crippen molar-refractivity contribution in [3.8, 4) is 16.9 Å². The highest BCUT2D eigenvalue weighted by Crippen LogP contribution is 2.67. The Kier molecular flexibility index (Phi) is 17.1. The summed E-state index contributed by atoms with van der Waals surface area (Å²) in [7, 11) is 0. The van der Waals surface area contributed by atoms with Crippen molar-refractivity contribution >= 4 is 17.1 Å². The second-order valence-electron chi connectivity index (χ2n) is 28.7. The van der Waals surface area contributed by atoms with E-state index in [0.717, 1.165) is 82.9 Å². The van der Waals surface area contributed by atoms with E-state index in [1.807, 2.05) is 156 Å². The lowest BCUT2D eigenvalue weighted by Crippen LogP contribution is -2.45. The van der Waals surface area contributed by atoms with E-state index in [9.17, 15) is 0 Å². The van der Waals surface area contributed by atoms with Crippen LogP contribution in [-0.2, 0) is 14.9 Å². The van der Waals surface area contributed by atoms with Crippen LogP contribution >= 0.6 is 0 Å². The first-order valence-electron chi connectivity index (χ1n) is 36.2. The Morgan fingerprint density at radius 3 is 2.07 bits per heavy atom. The predicted molar refractivity (Wildman–Crippen MR) is 391 cm³/mol. The van der Waals surface area contributed by atoms with Gasteiger partial charge >= 0.3 is 0 Å². The molecular weight excluding hydrogens is 1310 g/mol. The monoisotopic (exact) mass is 1380 g/mol. The SMILES string of the molecule is C=CC1C=CC(OC2=CCC(C3(C4C(F)=CC=CC4F)C4=C(CCC(N(c5ccc(F)c(F)c5)c5ccc6c(c5)OC5C=C(N(C7=CCC(F)C(F)=C7)c7ccc8c(c7)C(C7=CCC(OC9=CCC(C=C)C=C9)C=C7)(C7=C(F)CCC=C7F)c7ccccc7-8)C=CC65)=C4)C4=C3CCCC4)C=C2)=CC1. The van der Waals surface area contributed by atoms with Gasteiger partial charge in [0.2, 0.25) is 0 Å². The molecule has 0 saturated carbocycles. The summed E-state index contributed by atoms with van der Waals surface area (Å²) >= 11 is 0. The second kappa shape index (κ2) is 26.6. The molecule has 0 spiro atoms. The molecule has 0 radical (unpaired) electrons. The number of hydrogen-bond acceptors (Lipinski definition) is 5. The zero-order valence-corrected chi connectivity index (χ0v) is 56.8. The largest absolute Gasteiger partial charge is 0.486 e. The van der Waals surface area contributed by atoms with E-state index in [4.69, 9.17) is 14.2 Å². The molecule has 1 aliphatic heterocycles. The molecule has 13 heteroatoms. The third-order valence-corrected chi connectivity index (χ3v) is 23.2. The Morgan fingerprint density at radius 1 is 0.583 bits per heavy atom. The van der Waals surface area contributed by atoms with Crippen LogP contribution in [-0.4, -0.2) is 24.6 Å². The summed E-state index contributed by atoms with van der Waals surface area (Å²) in [6.07, 6.45) is 46.3. The molecule has 17 rings (SSSR count). The van der Waals surface area contributed by atoms with E-state index in [0.29, 0.717) is 100 Å². The number of hydrogen-bond donors (Lipinski definition) is 0. The summed E-state index contributed by atoms with van der Waals surface area (Å²) in [5.41, 5.74) is 8.73. The molecular formula is C90H76F8N2O3. The fourth-order valence-corrected chi connectivity index (χ4v) is 18.5. The van der Waals surface area contributed by atoms with Gasteiger partial charge in [-0.25, -0.2) is 35.1 Å². The molecule has 5 nitrogen and oxygen atoms in total. The first-order chi connectivity index (χ1) is 50.2. The zero-order valence-electron chi connectivity index (χ0n) is 56.8. The molecule has 12 aliphatic carbocycles. The third-order valence-electron chi connectivity index (χ3n) is 23.2. The van der Waals surface area contributed by atoms with Crippen molar-refractivity contribution in [1.82, 2.24) is 0 Å². The molecule has 0 fully saturated rings. The molecule has 0 saturated heterocycles. The van der Waals surface area contributed by atoms with Gasteiger partial charge in [-0.15, -0.1) is 13.2 Å². The van der Waals surface area contributed by atoms with Crippen LogP contribution in [0, 0.1) is 40.7 Å². The first-order valence-corrected chi connectivity index (χ1v) is 36.2. The fraction of sp³-hybridized carbons (Fsp3) is 0.267. The van der Waals surface area contributed by atoms with Crippen LogP contribution < -0.4 is 14.5 Å². The smallest absolute Gasteiger partial charge is 0.160 e. The zero-order chi connectivity index (χ0) is 70.4. The molecule has 0 N–H and O–H groups in total. The van der Waals surface area contributed by atoms with Crippen molar-refractivity contribution in [2.45, 2.75) is 119 Å². The Hall–Kier alpha value is -10.1. The number of allylic oxidation sites excluding steroid dienone is 31. The minimum Gasteiger partial charge on any atom is -0.486 e. The van der Waals surface area contributed by atoms with Gasteiger partial charge in [0.15, 0.2) is 17.8 Å². The number of halogens is 8. The topological polar surface area (TPSA) is 34.2 Å². The lowest BCUT2D eigenvalue weighted by molar-refractivity contribution is 0.124. The summed E-state index contributed by atoms with van der Waals surface area (Å²) in [4.78, 5) is 3.74. The highest BCUT2D eigenvalue weighted by Gasteiger charge is 2.59. The number of rotatable bonds is 16. The standard InChI is InChI=1S/C90H76F8N2O3/c1-3-53-19-33-63(34-20-53)101-65-37-23-55(24-38-65)89(87-79(93)15-9-16-80(87)94)73-13-7-5-11-67(73)69-41-27-57(47-75(69)89)99(59-31-45-77(91)83(97)49-59)61-29-43-71-72-44-30-62(52-86(72)103-85(71)51-61)100(60-32-46-78(92)84(98)50-60)58-28-42-70-68-12-6-8-14-74(68)90(76(70)48-58,88-81(95)17-10-18-82(88)96)56-25-39-66(40-26-56)102-64-35-21-54(4-2)22-36-64/h3-5,7,10-11,13,15,17-19,21,23-25,27,29-37,39-41,43-44,46-54,56,65,71,77,81,85,88H,1-2,6,8-9,12,14,16,20,22,26,28,38,42,45H2. The summed E-state index contributed by atoms with van der Waals surface area (Å²) in [6, 6.07) is 23.1. The van der Waals surface area contributed by atoms with Gasteiger partial charge < -0.3 is 24.0 Å². The van der Waals surface area contributed by atoms with Crippen LogP contribution in [0.2, 0.25) is 0 Å². The van der Waals surface area contributed by atoms with E-state index in [-0.39, 0.29) is 48.7 Å². The van der Waals surface area contributed by atoms with Gasteiger partial charge in [0, 0.05) is 88.0 Å². The summed E-state index contributed by atoms with van der Waals surface area (Å²) in [5.74, 6) is -3.71. The molecule has 11 atom stereocenters. The number of alkyl halides is 2. The normalized spacial score (nSPS) is 29.2. The van der Waals surface area contributed by atoms with Crippen molar-refractivity contribution < 1.29 is 49.3 Å². The Balaban J connectivity index is 0.738. The maximum atomic E-state index is 17.4. The highest BCUT2D eigenvalue weighted by atomic mass is 19.2. The number of benzene rings is 4. The summed E-state index contributed by atoms with van der Waals surface area (Å²) < 4.78 is 152. The van der Waals surface area contributed by atoms with E-state index in [1.54, 1.807) is 6.08 Å². The molecule has 0 amide bonds. The van der Waals surface area contributed by atoms with Crippen molar-refractivity contribution in [1.29, 1.82) is 0 Å². The van der Waals surface area contributed by atoms with E-state index >= 15 is 35.1 Å². The summed E-state index contributed by atoms with van der Waals surface area (Å²) in [6.45, 7) is 7.87. The van der Waals surface area contributed by atoms with Gasteiger partial charge in [-0.05, 0) is 242 Å². The van der Waals surface area contributed by atoms with Gasteiger partial charge in [-0.2, -0.15) is 0 Å². The highest BCUT2D eigenvalue weighted by molar-refractivity contribution is 5.90. The maximum absolute atomic E-state index is 17.4. The Bertz CT molecular complexity index is 4950. The second-order valence-corrected chi connectivity index (χ2v) is 28.7. The minimum atomic E-state index is -1.86. The van der Waals surface area contributed by atoms with Crippen molar-refractivity contribution in [3.05, 3.63) is 357 Å². The molecule has 0 aromatic heterocycles. The molecule has 0 bridgehead atoms. The van der Waals surface area contributed by atoms with Gasteiger partial charge in [-0.3, -0.25) is 0 Å². The van der Waals surface area contributed by atoms with Crippen LogP contribution in [0.3, 0.4) is 0 Å². The van der Waals surface area contributed by atoms with Gasteiger partial charge in [0.25, 0.3) is 0 Å². The van der Waals surface area contributed by atoms with Crippen LogP contribution in [0.25, 0.3) is 11.1 Å². The molecule has 13 aliphatic rings. The Labute approximate surface area is 595 Å². The van der Waals surface area contributed by atoms with Crippen LogP contribution in [0.5, 0.6) is 5.75 Å². The average Bonchev–Trinajstić information content (AvgIpc) is 1.53. The third kappa shape index (κ3) is 11.2. The number of fused-ring (bicyclic) bond motifs is 7. The number of ether oxygens (including phenoxy) is 3. The molecule has 4 aromatic rings. The maximum Gasteiger partial charge on any atom is 0.160 e. The average molecular weight is 1390 g/mol. The lowest BCUT2D eigenvalue weighted by atomic mass is 9.54. The van der Waals surface area contributed by atoms with Crippen LogP contribution in [0.1, 0.15) is 106 Å². The van der Waals surface area contributed by atoms with E-state index in [1.165, 1.54) is 42.5 Å². The summed E-state index contributed by atoms with van der Waals surface area (Å²) in [5, 5.41) is 0. The number of nitrogens with zero attached hydrogens (tertiary/aromatic N) is 2. The number of anilines is 3. The van der Waals surface area contributed by atoms with Gasteiger partial charge in [0.05, 0.1) is 11.3 Å². The van der Waals surface area contributed by atoms with Crippen molar-refractivity contribution in [2.75, 3.05) is 9.80 Å². The molecule has 103 heavy (non-hydrogen) atoms. The van der Waals surface area contributed by atoms with Crippen molar-refractivity contribution in [3.63, 3.8) is 0 Å². The lowest BCUT2D eigenvalue weighted by Gasteiger charge is -2.49. The quantitative estimate of drug-likeness (QED) is 0.0825. The van der Waals surface area contributed by atoms with Crippen LogP contribution in [0.15, 0.2) is 329 Å². The molecule has 520 valence electrons. The van der Waals surface area contributed by atoms with Gasteiger partial charge in [-0.1, -0.05) is 103 Å². The van der Waals surface area contributed by atoms with E-state index < -0.39 is 76.1 Å². The van der Waals surface area contributed by atoms with E-state index in [2.05, 4.69) is 37.5 Å². The first kappa shape index (κ1) is 66.1. The van der Waals surface area contributed by atoms with Gasteiger partial charge in [0.1, 0.15) is 64.7 Å². The molecule has 11 unspecified atom stereocenters. The molecule has 4 aromatic carbocycles. The van der Waals surface area contributed by atoms with Crippen LogP contribution in [0.4, 0.5) is 52.2 Å². The fourth-order valence-electron chi connectivity index (χ4n) is 18.5.